The number of carbonyl (C=O) groups excluding carboxylic acids is 1. The minimum atomic E-state index is -0.255. The fourth-order valence-corrected chi connectivity index (χ4v) is 5.33. The van der Waals surface area contributed by atoms with Gasteiger partial charge in [-0.25, -0.2) is 4.39 Å². The lowest BCUT2D eigenvalue weighted by atomic mass is 9.97. The molecule has 6 aromatic rings. The minimum absolute atomic E-state index is 0.00644. The summed E-state index contributed by atoms with van der Waals surface area (Å²) in [5, 5.41) is 4.00. The summed E-state index contributed by atoms with van der Waals surface area (Å²) in [7, 11) is 0. The summed E-state index contributed by atoms with van der Waals surface area (Å²) in [6.07, 6.45) is 0. The van der Waals surface area contributed by atoms with E-state index in [-0.39, 0.29) is 11.7 Å². The quantitative estimate of drug-likeness (QED) is 0.303. The molecule has 2 N–H and O–H groups in total. The average Bonchev–Trinajstić information content (AvgIpc) is 3.60. The molecule has 0 radical (unpaired) electrons. The molecule has 0 atom stereocenters. The number of benzene rings is 5. The molecular formula is C30H21FN2O2. The smallest absolute Gasteiger partial charge is 0.254 e. The van der Waals surface area contributed by atoms with E-state index in [1.807, 2.05) is 35.2 Å². The van der Waals surface area contributed by atoms with Gasteiger partial charge in [-0.05, 0) is 70.3 Å². The Morgan fingerprint density at radius 1 is 0.771 bits per heavy atom. The Labute approximate surface area is 200 Å². The Balaban J connectivity index is 1.27. The number of hydrogen-bond donors (Lipinski definition) is 1. The molecule has 2 bridgehead atoms. The number of halogens is 1. The van der Waals surface area contributed by atoms with Crippen molar-refractivity contribution >= 4 is 38.6 Å². The second-order valence-corrected chi connectivity index (χ2v) is 9.26. The highest BCUT2D eigenvalue weighted by Gasteiger charge is 2.26. The van der Waals surface area contributed by atoms with Crippen LogP contribution in [-0.2, 0) is 19.6 Å². The minimum Gasteiger partial charge on any atom is -0.455 e. The summed E-state index contributed by atoms with van der Waals surface area (Å²) in [6, 6.07) is 24.7. The molecule has 1 aliphatic heterocycles. The number of hydrogen-bond acceptors (Lipinski definition) is 3. The Morgan fingerprint density at radius 3 is 2.26 bits per heavy atom. The Morgan fingerprint density at radius 2 is 1.46 bits per heavy atom. The van der Waals surface area contributed by atoms with Gasteiger partial charge in [-0.3, -0.25) is 4.79 Å². The van der Waals surface area contributed by atoms with Crippen LogP contribution < -0.4 is 5.73 Å². The zero-order valence-electron chi connectivity index (χ0n) is 18.8. The number of furan rings is 2. The molecule has 0 aliphatic carbocycles. The van der Waals surface area contributed by atoms with E-state index in [4.69, 9.17) is 10.2 Å². The van der Waals surface area contributed by atoms with Gasteiger partial charge in [-0.15, -0.1) is 0 Å². The summed E-state index contributed by atoms with van der Waals surface area (Å²) < 4.78 is 19.6. The fourth-order valence-electron chi connectivity index (χ4n) is 5.33. The molecule has 5 heteroatoms. The number of rotatable bonds is 3. The summed E-state index contributed by atoms with van der Waals surface area (Å²) in [5.74, 6) is -0.249. The van der Waals surface area contributed by atoms with Crippen molar-refractivity contribution in [1.29, 1.82) is 0 Å². The largest absolute Gasteiger partial charge is 0.455 e. The summed E-state index contributed by atoms with van der Waals surface area (Å²) in [4.78, 5) is 15.3. The third-order valence-corrected chi connectivity index (χ3v) is 7.16. The SMILES string of the molecule is NCc1ccc2c(c1)CN(C(=O)c1ccc3c(c1)c1oc3c3ccc(-c4ccc(F)cc4)cc31)C2. The molecule has 0 spiro atoms. The van der Waals surface area contributed by atoms with E-state index in [1.165, 1.54) is 17.7 Å². The van der Waals surface area contributed by atoms with Crippen molar-refractivity contribution in [2.75, 3.05) is 0 Å². The molecule has 0 saturated heterocycles. The standard InChI is InChI=1S/C30H21FN2O2/c31-23-7-3-18(4-8-23)19-5-9-24-26(12-19)29-27-13-20(6-10-25(27)28(24)35-29)30(34)33-15-21-2-1-17(14-32)11-22(21)16-33/h1-13H,14-16,32H2. The van der Waals surface area contributed by atoms with Crippen molar-refractivity contribution in [1.82, 2.24) is 4.90 Å². The van der Waals surface area contributed by atoms with E-state index in [1.54, 1.807) is 12.1 Å². The third kappa shape index (κ3) is 3.05. The van der Waals surface area contributed by atoms with Gasteiger partial charge in [-0.2, -0.15) is 0 Å². The first-order valence-electron chi connectivity index (χ1n) is 11.7. The number of fused-ring (bicyclic) bond motifs is 9. The molecule has 3 heterocycles. The van der Waals surface area contributed by atoms with E-state index >= 15 is 0 Å². The van der Waals surface area contributed by atoms with E-state index in [0.717, 1.165) is 55.0 Å². The molecule has 0 fully saturated rings. The molecule has 1 amide bonds. The van der Waals surface area contributed by atoms with Gasteiger partial charge >= 0.3 is 0 Å². The predicted octanol–water partition coefficient (Wildman–Crippen LogP) is 6.60. The maximum Gasteiger partial charge on any atom is 0.254 e. The van der Waals surface area contributed by atoms with Gasteiger partial charge in [0.15, 0.2) is 0 Å². The van der Waals surface area contributed by atoms with Crippen LogP contribution in [0.1, 0.15) is 27.0 Å². The number of carbonyl (C=O) groups is 1. The van der Waals surface area contributed by atoms with Gasteiger partial charge < -0.3 is 15.1 Å². The van der Waals surface area contributed by atoms with Crippen LogP contribution in [0.4, 0.5) is 4.39 Å². The molecule has 0 unspecified atom stereocenters. The van der Waals surface area contributed by atoms with Gasteiger partial charge in [0.2, 0.25) is 0 Å². The Hall–Kier alpha value is -4.22. The Bertz CT molecular complexity index is 1770. The van der Waals surface area contributed by atoms with Gasteiger partial charge in [-0.1, -0.05) is 36.4 Å². The molecule has 170 valence electrons. The molecule has 2 aromatic heterocycles. The molecule has 35 heavy (non-hydrogen) atoms. The number of nitrogens with zero attached hydrogens (tertiary/aromatic N) is 1. The first-order valence-corrected chi connectivity index (χ1v) is 11.7. The fraction of sp³-hybridized carbons (Fsp3) is 0.100. The molecule has 4 nitrogen and oxygen atoms in total. The lowest BCUT2D eigenvalue weighted by Crippen LogP contribution is -2.25. The average molecular weight is 461 g/mol. The van der Waals surface area contributed by atoms with E-state index in [9.17, 15) is 9.18 Å². The number of nitrogens with two attached hydrogens (primary N) is 1. The lowest BCUT2D eigenvalue weighted by Gasteiger charge is -2.15. The van der Waals surface area contributed by atoms with Crippen molar-refractivity contribution in [2.24, 2.45) is 5.73 Å². The van der Waals surface area contributed by atoms with Crippen LogP contribution in [0.15, 0.2) is 83.3 Å². The maximum absolute atomic E-state index is 13.4. The second kappa shape index (κ2) is 7.39. The normalized spacial score (nSPS) is 13.4. The first kappa shape index (κ1) is 20.2. The van der Waals surface area contributed by atoms with Crippen molar-refractivity contribution in [3.05, 3.63) is 107 Å². The summed E-state index contributed by atoms with van der Waals surface area (Å²) in [6.45, 7) is 1.69. The van der Waals surface area contributed by atoms with Gasteiger partial charge in [0.1, 0.15) is 17.0 Å². The molecule has 4 aromatic carbocycles. The number of amides is 1. The van der Waals surface area contributed by atoms with Crippen LogP contribution in [0.2, 0.25) is 0 Å². The molecule has 7 rings (SSSR count). The highest BCUT2D eigenvalue weighted by atomic mass is 19.1. The van der Waals surface area contributed by atoms with Crippen LogP contribution in [0.5, 0.6) is 0 Å². The van der Waals surface area contributed by atoms with Crippen molar-refractivity contribution in [3.8, 4) is 11.1 Å². The third-order valence-electron chi connectivity index (χ3n) is 7.16. The van der Waals surface area contributed by atoms with Crippen molar-refractivity contribution < 1.29 is 13.6 Å². The summed E-state index contributed by atoms with van der Waals surface area (Å²) in [5.41, 5.74) is 13.4. The van der Waals surface area contributed by atoms with Crippen LogP contribution in [0, 0.1) is 5.82 Å². The lowest BCUT2D eigenvalue weighted by molar-refractivity contribution is 0.0751. The topological polar surface area (TPSA) is 59.5 Å². The van der Waals surface area contributed by atoms with Crippen LogP contribution >= 0.6 is 0 Å². The van der Waals surface area contributed by atoms with Crippen LogP contribution in [0.3, 0.4) is 0 Å². The van der Waals surface area contributed by atoms with Crippen LogP contribution in [0.25, 0.3) is 43.8 Å². The second-order valence-electron chi connectivity index (χ2n) is 9.26. The maximum atomic E-state index is 13.4. The zero-order valence-corrected chi connectivity index (χ0v) is 18.8. The van der Waals surface area contributed by atoms with Crippen molar-refractivity contribution in [2.45, 2.75) is 19.6 Å². The van der Waals surface area contributed by atoms with Gasteiger partial charge in [0, 0.05) is 46.7 Å². The van der Waals surface area contributed by atoms with E-state index in [2.05, 4.69) is 24.3 Å². The first-order chi connectivity index (χ1) is 17.1. The summed E-state index contributed by atoms with van der Waals surface area (Å²) >= 11 is 0. The van der Waals surface area contributed by atoms with E-state index in [0.29, 0.717) is 25.2 Å². The molecular weight excluding hydrogens is 439 g/mol. The van der Waals surface area contributed by atoms with E-state index < -0.39 is 0 Å². The van der Waals surface area contributed by atoms with Gasteiger partial charge in [0.05, 0.1) is 0 Å². The monoisotopic (exact) mass is 460 g/mol. The Kier molecular flexibility index (Phi) is 4.26. The predicted molar refractivity (Wildman–Crippen MR) is 136 cm³/mol. The molecule has 1 aliphatic rings. The highest BCUT2D eigenvalue weighted by molar-refractivity contribution is 6.26. The highest BCUT2D eigenvalue weighted by Crippen LogP contribution is 2.42. The van der Waals surface area contributed by atoms with Gasteiger partial charge in [0.25, 0.3) is 5.91 Å². The molecule has 0 saturated carbocycles. The zero-order chi connectivity index (χ0) is 23.7. The van der Waals surface area contributed by atoms with Crippen molar-refractivity contribution in [3.63, 3.8) is 0 Å². The van der Waals surface area contributed by atoms with Crippen LogP contribution in [-0.4, -0.2) is 10.8 Å².